The number of ether oxygens (including phenoxy) is 1. The molecule has 0 aliphatic heterocycles. The van der Waals surface area contributed by atoms with Gasteiger partial charge in [0, 0.05) is 17.7 Å². The first-order valence-corrected chi connectivity index (χ1v) is 11.8. The molecule has 0 saturated heterocycles. The first-order chi connectivity index (χ1) is 17.0. The Bertz CT molecular complexity index is 1390. The Balaban J connectivity index is 1.35. The average Bonchev–Trinajstić information content (AvgIpc) is 2.89. The molecule has 1 aliphatic carbocycles. The van der Waals surface area contributed by atoms with E-state index in [0.29, 0.717) is 16.5 Å². The normalized spacial score (nSPS) is 14.1. The van der Waals surface area contributed by atoms with Gasteiger partial charge in [-0.25, -0.2) is 14.8 Å². The van der Waals surface area contributed by atoms with Crippen LogP contribution in [-0.4, -0.2) is 21.2 Å². The fourth-order valence-corrected chi connectivity index (χ4v) is 4.55. The molecular weight excluding hydrogens is 485 g/mol. The third-order valence-corrected chi connectivity index (χ3v) is 6.75. The number of halogens is 2. The molecule has 6 nitrogen and oxygen atoms in total. The third-order valence-electron chi connectivity index (χ3n) is 6.02. The van der Waals surface area contributed by atoms with Crippen LogP contribution in [0.5, 0.6) is 0 Å². The predicted octanol–water partition coefficient (Wildman–Crippen LogP) is 6.38. The fourth-order valence-electron chi connectivity index (χ4n) is 4.24. The van der Waals surface area contributed by atoms with E-state index in [1.54, 1.807) is 30.5 Å². The molecule has 0 bridgehead atoms. The Morgan fingerprint density at radius 2 is 1.80 bits per heavy atom. The highest BCUT2D eigenvalue weighted by atomic mass is 35.5. The van der Waals surface area contributed by atoms with E-state index in [2.05, 4.69) is 21.4 Å². The largest absolute Gasteiger partial charge is 0.444 e. The zero-order valence-corrected chi connectivity index (χ0v) is 20.1. The Labute approximate surface area is 212 Å². The van der Waals surface area contributed by atoms with Crippen LogP contribution in [0.1, 0.15) is 33.7 Å². The molecule has 2 N–H and O–H groups in total. The smallest absolute Gasteiger partial charge is 0.414 e. The summed E-state index contributed by atoms with van der Waals surface area (Å²) in [5.41, 5.74) is 6.53. The van der Waals surface area contributed by atoms with Gasteiger partial charge in [-0.05, 0) is 46.4 Å². The van der Waals surface area contributed by atoms with Gasteiger partial charge >= 0.3 is 6.09 Å². The Morgan fingerprint density at radius 3 is 2.57 bits per heavy atom. The molecule has 1 aliphatic rings. The average molecular weight is 506 g/mol. The van der Waals surface area contributed by atoms with Crippen molar-refractivity contribution in [3.63, 3.8) is 0 Å². The summed E-state index contributed by atoms with van der Waals surface area (Å²) in [5, 5.41) is 12.8. The van der Waals surface area contributed by atoms with Crippen molar-refractivity contribution < 1.29 is 14.6 Å². The molecule has 35 heavy (non-hydrogen) atoms. The maximum Gasteiger partial charge on any atom is 0.414 e. The Kier molecular flexibility index (Phi) is 6.68. The van der Waals surface area contributed by atoms with Crippen LogP contribution in [-0.2, 0) is 24.4 Å². The first-order valence-electron chi connectivity index (χ1n) is 11.0. The summed E-state index contributed by atoms with van der Waals surface area (Å²) in [6.07, 6.45) is 1.79. The molecule has 3 aromatic carbocycles. The molecule has 1 amide bonds. The van der Waals surface area contributed by atoms with Crippen molar-refractivity contribution in [1.82, 2.24) is 9.97 Å². The molecular formula is C27H21Cl2N3O3. The first kappa shape index (κ1) is 23.3. The second-order valence-electron chi connectivity index (χ2n) is 8.26. The summed E-state index contributed by atoms with van der Waals surface area (Å²) >= 11 is 12.4. The molecule has 1 aromatic heterocycles. The Hall–Kier alpha value is -3.45. The zero-order chi connectivity index (χ0) is 24.4. The van der Waals surface area contributed by atoms with E-state index in [9.17, 15) is 4.79 Å². The van der Waals surface area contributed by atoms with Crippen molar-refractivity contribution in [3.8, 4) is 11.3 Å². The van der Waals surface area contributed by atoms with Crippen molar-refractivity contribution in [2.45, 2.75) is 25.6 Å². The molecule has 8 heteroatoms. The molecule has 4 aromatic rings. The van der Waals surface area contributed by atoms with Gasteiger partial charge in [-0.3, -0.25) is 5.32 Å². The van der Waals surface area contributed by atoms with E-state index in [4.69, 9.17) is 33.0 Å². The minimum Gasteiger partial charge on any atom is -0.444 e. The fraction of sp³-hybridized carbons (Fsp3) is 0.148. The van der Waals surface area contributed by atoms with Crippen LogP contribution in [0.2, 0.25) is 10.0 Å². The van der Waals surface area contributed by atoms with Crippen LogP contribution in [0.25, 0.3) is 11.3 Å². The minimum atomic E-state index is -0.644. The van der Waals surface area contributed by atoms with Gasteiger partial charge in [0.05, 0.1) is 22.3 Å². The zero-order valence-electron chi connectivity index (χ0n) is 18.5. The Morgan fingerprint density at radius 1 is 1.03 bits per heavy atom. The number of nitrogens with zero attached hydrogens (tertiary/aromatic N) is 2. The van der Waals surface area contributed by atoms with Crippen LogP contribution in [0, 0.1) is 0 Å². The molecule has 0 saturated carbocycles. The molecule has 5 rings (SSSR count). The number of nitrogens with one attached hydrogen (secondary N) is 1. The monoisotopic (exact) mass is 505 g/mol. The quantitative estimate of drug-likeness (QED) is 0.328. The van der Waals surface area contributed by atoms with Crippen LogP contribution < -0.4 is 5.32 Å². The summed E-state index contributed by atoms with van der Waals surface area (Å²) in [6, 6.07) is 20.9. The van der Waals surface area contributed by atoms with E-state index in [-0.39, 0.29) is 25.1 Å². The molecule has 1 atom stereocenters. The minimum absolute atomic E-state index is 0.0331. The number of fused-ring (bicyclic) bond motifs is 3. The second kappa shape index (κ2) is 10.0. The number of hydrogen-bond acceptors (Lipinski definition) is 5. The van der Waals surface area contributed by atoms with Gasteiger partial charge < -0.3 is 9.84 Å². The van der Waals surface area contributed by atoms with E-state index < -0.39 is 6.09 Å². The number of aromatic nitrogens is 2. The highest BCUT2D eigenvalue weighted by Crippen LogP contribution is 2.42. The van der Waals surface area contributed by atoms with Gasteiger partial charge in [0.1, 0.15) is 6.61 Å². The summed E-state index contributed by atoms with van der Waals surface area (Å²) in [6.45, 7) is 0.0608. The third kappa shape index (κ3) is 5.00. The van der Waals surface area contributed by atoms with E-state index in [0.717, 1.165) is 39.1 Å². The number of aliphatic hydroxyl groups is 1. The lowest BCUT2D eigenvalue weighted by atomic mass is 9.78. The standard InChI is InChI=1S/C27H21Cl2N3O3/c28-23-10-9-18(12-24(23)29)22-11-19-13-30-26(31-25(19)21-4-2-1-3-20(21)22)32-27(34)35-15-17-7-5-16(14-33)6-8-17/h1-10,12-13,22,33H,11,14-15H2,(H,30,31,32,34). The number of rotatable bonds is 5. The summed E-state index contributed by atoms with van der Waals surface area (Å²) in [7, 11) is 0. The summed E-state index contributed by atoms with van der Waals surface area (Å²) in [4.78, 5) is 21.3. The van der Waals surface area contributed by atoms with E-state index >= 15 is 0 Å². The number of amides is 1. The predicted molar refractivity (Wildman–Crippen MR) is 136 cm³/mol. The lowest BCUT2D eigenvalue weighted by Crippen LogP contribution is -2.18. The van der Waals surface area contributed by atoms with Crippen molar-refractivity contribution in [1.29, 1.82) is 0 Å². The van der Waals surface area contributed by atoms with Gasteiger partial charge in [-0.15, -0.1) is 0 Å². The number of aliphatic hydroxyl groups excluding tert-OH is 1. The van der Waals surface area contributed by atoms with Crippen LogP contribution in [0.15, 0.2) is 72.9 Å². The topological polar surface area (TPSA) is 84.3 Å². The lowest BCUT2D eigenvalue weighted by molar-refractivity contribution is 0.155. The van der Waals surface area contributed by atoms with Crippen LogP contribution >= 0.6 is 23.2 Å². The summed E-state index contributed by atoms with van der Waals surface area (Å²) in [5.74, 6) is 0.255. The van der Waals surface area contributed by atoms with E-state index in [1.165, 1.54) is 0 Å². The number of benzene rings is 3. The van der Waals surface area contributed by atoms with Gasteiger partial charge in [-0.1, -0.05) is 77.8 Å². The molecule has 176 valence electrons. The molecule has 0 fully saturated rings. The molecule has 0 radical (unpaired) electrons. The molecule has 0 spiro atoms. The maximum atomic E-state index is 12.3. The molecule has 1 heterocycles. The van der Waals surface area contributed by atoms with Crippen molar-refractivity contribution in [2.24, 2.45) is 0 Å². The maximum absolute atomic E-state index is 12.3. The number of hydrogen-bond donors (Lipinski definition) is 2. The van der Waals surface area contributed by atoms with Crippen molar-refractivity contribution in [2.75, 3.05) is 5.32 Å². The number of carbonyl (C=O) groups is 1. The summed E-state index contributed by atoms with van der Waals surface area (Å²) < 4.78 is 5.30. The SMILES string of the molecule is O=C(Nc1ncc2c(n1)-c1ccccc1C(c1ccc(Cl)c(Cl)c1)C2)OCc1ccc(CO)cc1. The number of carbonyl (C=O) groups excluding carboxylic acids is 1. The van der Waals surface area contributed by atoms with Gasteiger partial charge in [-0.2, -0.15) is 0 Å². The van der Waals surface area contributed by atoms with Crippen LogP contribution in [0.4, 0.5) is 10.7 Å². The highest BCUT2D eigenvalue weighted by molar-refractivity contribution is 6.42. The van der Waals surface area contributed by atoms with Gasteiger partial charge in [0.2, 0.25) is 5.95 Å². The van der Waals surface area contributed by atoms with Crippen molar-refractivity contribution >= 4 is 35.2 Å². The van der Waals surface area contributed by atoms with Crippen LogP contribution in [0.3, 0.4) is 0 Å². The highest BCUT2D eigenvalue weighted by Gasteiger charge is 2.28. The second-order valence-corrected chi connectivity index (χ2v) is 9.08. The van der Waals surface area contributed by atoms with Crippen molar-refractivity contribution in [3.05, 3.63) is 111 Å². The molecule has 1 unspecified atom stereocenters. The van der Waals surface area contributed by atoms with E-state index in [1.807, 2.05) is 36.4 Å². The number of anilines is 1. The lowest BCUT2D eigenvalue weighted by Gasteiger charge is -2.27. The van der Waals surface area contributed by atoms with Gasteiger partial charge in [0.25, 0.3) is 0 Å². The van der Waals surface area contributed by atoms with Gasteiger partial charge in [0.15, 0.2) is 0 Å².